The second kappa shape index (κ2) is 13.3. The van der Waals surface area contributed by atoms with E-state index in [1.165, 1.54) is 0 Å². The summed E-state index contributed by atoms with van der Waals surface area (Å²) in [6.45, 7) is 5.13. The zero-order valence-corrected chi connectivity index (χ0v) is 21.9. The fourth-order valence-electron chi connectivity index (χ4n) is 4.45. The molecule has 0 radical (unpaired) electrons. The van der Waals surface area contributed by atoms with Gasteiger partial charge in [0.25, 0.3) is 0 Å². The third-order valence-corrected chi connectivity index (χ3v) is 6.42. The van der Waals surface area contributed by atoms with Crippen LogP contribution in [-0.2, 0) is 16.1 Å². The van der Waals surface area contributed by atoms with Crippen LogP contribution in [-0.4, -0.2) is 38.8 Å². The van der Waals surface area contributed by atoms with E-state index < -0.39 is 0 Å². The smallest absolute Gasteiger partial charge is 0.162 e. The Balaban J connectivity index is 1.95. The zero-order valence-electron chi connectivity index (χ0n) is 21.9. The minimum atomic E-state index is 0.0236. The number of nitrogens with zero attached hydrogens (tertiary/aromatic N) is 2. The van der Waals surface area contributed by atoms with Crippen LogP contribution < -0.4 is 9.47 Å². The lowest BCUT2D eigenvalue weighted by Crippen LogP contribution is -2.38. The van der Waals surface area contributed by atoms with Crippen molar-refractivity contribution in [2.24, 2.45) is 0 Å². The van der Waals surface area contributed by atoms with Gasteiger partial charge in [0.2, 0.25) is 0 Å². The molecule has 3 rings (SSSR count). The van der Waals surface area contributed by atoms with Gasteiger partial charge in [-0.25, -0.2) is 0 Å². The first-order valence-corrected chi connectivity index (χ1v) is 12.3. The van der Waals surface area contributed by atoms with Crippen LogP contribution >= 0.6 is 0 Å². The molecule has 0 N–H and O–H groups in total. The maximum atomic E-state index is 10.2. The average Bonchev–Trinajstić information content (AvgIpc) is 2.93. The first-order valence-electron chi connectivity index (χ1n) is 12.3. The number of likely N-dealkylation sites (tertiary alicyclic amines) is 1. The number of hydrogen-bond donors (Lipinski definition) is 0. The molecule has 0 spiro atoms. The van der Waals surface area contributed by atoms with Crippen molar-refractivity contribution < 1.29 is 18.9 Å². The number of allylic oxidation sites excluding steroid dienone is 3. The Morgan fingerprint density at radius 2 is 1.78 bits per heavy atom. The largest absolute Gasteiger partial charge is 0.493 e. The first kappa shape index (κ1) is 26.7. The van der Waals surface area contributed by atoms with Crippen molar-refractivity contribution in [1.82, 2.24) is 4.90 Å². The zero-order chi connectivity index (χ0) is 25.9. The summed E-state index contributed by atoms with van der Waals surface area (Å²) >= 11 is 0. The minimum Gasteiger partial charge on any atom is -0.493 e. The van der Waals surface area contributed by atoms with Gasteiger partial charge in [0.05, 0.1) is 27.4 Å². The Bertz CT molecular complexity index is 1150. The predicted molar refractivity (Wildman–Crippen MR) is 142 cm³/mol. The summed E-state index contributed by atoms with van der Waals surface area (Å²) < 4.78 is 22.7. The lowest BCUT2D eigenvalue weighted by molar-refractivity contribution is 0.202. The normalized spacial score (nSPS) is 17.1. The molecule has 1 aliphatic rings. The Hall–Kier alpha value is -3.85. The summed E-state index contributed by atoms with van der Waals surface area (Å²) in [6.07, 6.45) is 6.98. The van der Waals surface area contributed by atoms with Gasteiger partial charge in [-0.3, -0.25) is 0 Å². The van der Waals surface area contributed by atoms with E-state index in [0.717, 1.165) is 42.5 Å². The molecule has 1 heterocycles. The highest BCUT2D eigenvalue weighted by molar-refractivity contribution is 5.71. The topological polar surface area (TPSA) is 64.0 Å². The van der Waals surface area contributed by atoms with E-state index in [0.29, 0.717) is 35.3 Å². The number of methoxy groups -OCH3 is 3. The Morgan fingerprint density at radius 1 is 1.03 bits per heavy atom. The molecule has 2 aromatic rings. The van der Waals surface area contributed by atoms with Crippen LogP contribution in [0.2, 0.25) is 0 Å². The average molecular weight is 489 g/mol. The second-order valence-corrected chi connectivity index (χ2v) is 8.57. The number of hydrogen-bond acceptors (Lipinski definition) is 6. The number of benzene rings is 2. The summed E-state index contributed by atoms with van der Waals surface area (Å²) in [6, 6.07) is 18.3. The van der Waals surface area contributed by atoms with Crippen molar-refractivity contribution in [2.75, 3.05) is 27.9 Å². The molecule has 0 bridgehead atoms. The highest BCUT2D eigenvalue weighted by Crippen LogP contribution is 2.34. The third-order valence-electron chi connectivity index (χ3n) is 6.42. The predicted octanol–water partition coefficient (Wildman–Crippen LogP) is 6.46. The highest BCUT2D eigenvalue weighted by Gasteiger charge is 2.26. The van der Waals surface area contributed by atoms with E-state index in [2.05, 4.69) is 17.0 Å². The second-order valence-electron chi connectivity index (χ2n) is 8.57. The standard InChI is InChI=1S/C30H36N2O4/c1-6-27(33-3)29(35-5)19-25-14-10-11-17-32(25)26(20-31)22(2)24-15-16-28(34-4)30(18-24)36-21-23-12-8-7-9-13-23/h6-9,12-13,15-16,18-19,25H,10-11,14,17,21H2,1-5H3/b26-22+,27-6+,29-19?. The molecular weight excluding hydrogens is 452 g/mol. The molecule has 0 aliphatic carbocycles. The van der Waals surface area contributed by atoms with E-state index >= 15 is 0 Å². The first-order chi connectivity index (χ1) is 17.6. The molecule has 6 heteroatoms. The van der Waals surface area contributed by atoms with Gasteiger partial charge in [-0.1, -0.05) is 36.4 Å². The lowest BCUT2D eigenvalue weighted by atomic mass is 9.97. The minimum absolute atomic E-state index is 0.0236. The van der Waals surface area contributed by atoms with E-state index in [4.69, 9.17) is 18.9 Å². The SMILES string of the molecule is C/C=C(/OC)C(=CC1CCCCN1/C(C#N)=C(\C)c1ccc(OC)c(OCc2ccccc2)c1)OC. The van der Waals surface area contributed by atoms with Gasteiger partial charge < -0.3 is 23.8 Å². The van der Waals surface area contributed by atoms with Crippen LogP contribution in [0.25, 0.3) is 5.57 Å². The van der Waals surface area contributed by atoms with E-state index in [1.54, 1.807) is 21.3 Å². The number of piperidine rings is 1. The van der Waals surface area contributed by atoms with Crippen LogP contribution in [0.3, 0.4) is 0 Å². The van der Waals surface area contributed by atoms with Crippen molar-refractivity contribution in [3.8, 4) is 17.6 Å². The molecule has 1 saturated heterocycles. The van der Waals surface area contributed by atoms with Crippen molar-refractivity contribution >= 4 is 5.57 Å². The van der Waals surface area contributed by atoms with Crippen LogP contribution in [0.15, 0.2) is 77.9 Å². The Kier molecular flexibility index (Phi) is 9.88. The van der Waals surface area contributed by atoms with Crippen LogP contribution in [0, 0.1) is 11.3 Å². The van der Waals surface area contributed by atoms with E-state index in [1.807, 2.05) is 68.5 Å². The van der Waals surface area contributed by atoms with Crippen molar-refractivity contribution in [3.63, 3.8) is 0 Å². The highest BCUT2D eigenvalue weighted by atomic mass is 16.5. The molecular formula is C30H36N2O4. The molecule has 2 aromatic carbocycles. The molecule has 36 heavy (non-hydrogen) atoms. The van der Waals surface area contributed by atoms with Gasteiger partial charge in [0.15, 0.2) is 23.0 Å². The van der Waals surface area contributed by atoms with Crippen LogP contribution in [0.4, 0.5) is 0 Å². The van der Waals surface area contributed by atoms with Gasteiger partial charge in [0, 0.05) is 6.54 Å². The molecule has 0 amide bonds. The summed E-state index contributed by atoms with van der Waals surface area (Å²) in [5.74, 6) is 2.65. The molecule has 1 atom stereocenters. The van der Waals surface area contributed by atoms with Gasteiger partial charge >= 0.3 is 0 Å². The molecule has 1 fully saturated rings. The monoisotopic (exact) mass is 488 g/mol. The van der Waals surface area contributed by atoms with Gasteiger partial charge in [-0.05, 0) is 74.1 Å². The fraction of sp³-hybridized carbons (Fsp3) is 0.367. The van der Waals surface area contributed by atoms with Gasteiger partial charge in [-0.15, -0.1) is 0 Å². The van der Waals surface area contributed by atoms with Crippen LogP contribution in [0.1, 0.15) is 44.2 Å². The molecule has 0 aromatic heterocycles. The van der Waals surface area contributed by atoms with Gasteiger partial charge in [-0.2, -0.15) is 5.26 Å². The quantitative estimate of drug-likeness (QED) is 0.217. The fourth-order valence-corrected chi connectivity index (χ4v) is 4.45. The molecule has 1 unspecified atom stereocenters. The number of nitriles is 1. The third kappa shape index (κ3) is 6.42. The van der Waals surface area contributed by atoms with Crippen LogP contribution in [0.5, 0.6) is 11.5 Å². The summed E-state index contributed by atoms with van der Waals surface area (Å²) in [4.78, 5) is 2.18. The number of ether oxygens (including phenoxy) is 4. The lowest BCUT2D eigenvalue weighted by Gasteiger charge is -2.36. The molecule has 0 saturated carbocycles. The van der Waals surface area contributed by atoms with Crippen molar-refractivity contribution in [3.05, 3.63) is 89.0 Å². The summed E-state index contributed by atoms with van der Waals surface area (Å²) in [7, 11) is 4.90. The van der Waals surface area contributed by atoms with Crippen molar-refractivity contribution in [1.29, 1.82) is 5.26 Å². The van der Waals surface area contributed by atoms with Crippen molar-refractivity contribution in [2.45, 2.75) is 45.8 Å². The Labute approximate surface area is 215 Å². The molecule has 190 valence electrons. The molecule has 1 aliphatic heterocycles. The summed E-state index contributed by atoms with van der Waals surface area (Å²) in [5.41, 5.74) is 3.53. The van der Waals surface area contributed by atoms with E-state index in [-0.39, 0.29) is 6.04 Å². The maximum Gasteiger partial charge on any atom is 0.162 e. The van der Waals surface area contributed by atoms with Gasteiger partial charge in [0.1, 0.15) is 18.4 Å². The van der Waals surface area contributed by atoms with E-state index in [9.17, 15) is 5.26 Å². The maximum absolute atomic E-state index is 10.2. The summed E-state index contributed by atoms with van der Waals surface area (Å²) in [5, 5.41) is 10.2. The molecule has 6 nitrogen and oxygen atoms in total. The Morgan fingerprint density at radius 3 is 2.42 bits per heavy atom. The number of rotatable bonds is 10.